The van der Waals surface area contributed by atoms with E-state index in [-0.39, 0.29) is 0 Å². The summed E-state index contributed by atoms with van der Waals surface area (Å²) < 4.78 is 7.67. The van der Waals surface area contributed by atoms with Crippen LogP contribution in [-0.4, -0.2) is 37.9 Å². The molecule has 4 aromatic rings. The molecule has 148 valence electrons. The number of likely N-dealkylation sites (tertiary alicyclic amines) is 1. The van der Waals surface area contributed by atoms with Crippen molar-refractivity contribution in [1.29, 1.82) is 0 Å². The zero-order valence-corrected chi connectivity index (χ0v) is 17.5. The van der Waals surface area contributed by atoms with Gasteiger partial charge in [-0.25, -0.2) is 0 Å². The van der Waals surface area contributed by atoms with Gasteiger partial charge in [-0.15, -0.1) is 21.5 Å². The third-order valence-electron chi connectivity index (χ3n) is 4.95. The van der Waals surface area contributed by atoms with Crippen LogP contribution in [0, 0.1) is 0 Å². The van der Waals surface area contributed by atoms with Crippen molar-refractivity contribution in [2.24, 2.45) is 0 Å². The fraction of sp³-hybridized carbons (Fsp3) is 0.286. The molecule has 1 aliphatic rings. The van der Waals surface area contributed by atoms with Crippen molar-refractivity contribution < 1.29 is 4.52 Å². The van der Waals surface area contributed by atoms with Gasteiger partial charge in [0.1, 0.15) is 0 Å². The molecule has 1 fully saturated rings. The lowest BCUT2D eigenvalue weighted by Gasteiger charge is -2.15. The van der Waals surface area contributed by atoms with E-state index in [1.807, 2.05) is 41.8 Å². The predicted molar refractivity (Wildman–Crippen MR) is 115 cm³/mol. The molecule has 1 aromatic carbocycles. The number of hydrogen-bond donors (Lipinski definition) is 0. The van der Waals surface area contributed by atoms with E-state index >= 15 is 0 Å². The van der Waals surface area contributed by atoms with Crippen LogP contribution in [0.15, 0.2) is 63.6 Å². The highest BCUT2D eigenvalue weighted by Gasteiger charge is 2.20. The van der Waals surface area contributed by atoms with Crippen molar-refractivity contribution in [2.75, 3.05) is 13.1 Å². The Bertz CT molecular complexity index is 1050. The molecule has 1 saturated heterocycles. The number of aromatic nitrogens is 4. The van der Waals surface area contributed by atoms with Gasteiger partial charge < -0.3 is 4.52 Å². The molecule has 1 aliphatic heterocycles. The standard InChI is InChI=1S/C21H21N5OS2/c1-2-7-17(8-3-1)26-20(14-25-10-4-5-11-25)22-23-21(26)29-15-16-13-18(27-24-16)19-9-6-12-28-19/h1-3,6-9,12-13H,4-5,10-11,14-15H2. The maximum atomic E-state index is 5.50. The Labute approximate surface area is 177 Å². The zero-order valence-electron chi connectivity index (χ0n) is 15.9. The Morgan fingerprint density at radius 1 is 1.03 bits per heavy atom. The van der Waals surface area contributed by atoms with Crippen LogP contribution in [0.2, 0.25) is 0 Å². The van der Waals surface area contributed by atoms with Crippen molar-refractivity contribution >= 4 is 23.1 Å². The second-order valence-electron chi connectivity index (χ2n) is 7.00. The number of thioether (sulfide) groups is 1. The van der Waals surface area contributed by atoms with Crippen LogP contribution in [-0.2, 0) is 12.3 Å². The van der Waals surface area contributed by atoms with E-state index in [0.717, 1.165) is 52.6 Å². The van der Waals surface area contributed by atoms with Crippen molar-refractivity contribution in [1.82, 2.24) is 24.8 Å². The summed E-state index contributed by atoms with van der Waals surface area (Å²) in [6.07, 6.45) is 2.53. The zero-order chi connectivity index (χ0) is 19.5. The normalized spacial score (nSPS) is 14.6. The molecule has 29 heavy (non-hydrogen) atoms. The lowest BCUT2D eigenvalue weighted by Crippen LogP contribution is -2.21. The Morgan fingerprint density at radius 3 is 2.69 bits per heavy atom. The van der Waals surface area contributed by atoms with Gasteiger partial charge in [-0.05, 0) is 49.5 Å². The van der Waals surface area contributed by atoms with Gasteiger partial charge in [0.25, 0.3) is 0 Å². The molecular weight excluding hydrogens is 402 g/mol. The number of hydrogen-bond acceptors (Lipinski definition) is 7. The van der Waals surface area contributed by atoms with Crippen LogP contribution in [0.3, 0.4) is 0 Å². The molecule has 0 saturated carbocycles. The fourth-order valence-corrected chi connectivity index (χ4v) is 5.05. The first-order valence-corrected chi connectivity index (χ1v) is 11.6. The smallest absolute Gasteiger partial charge is 0.196 e. The average molecular weight is 424 g/mol. The van der Waals surface area contributed by atoms with E-state index in [1.165, 1.54) is 12.8 Å². The van der Waals surface area contributed by atoms with Gasteiger partial charge >= 0.3 is 0 Å². The monoisotopic (exact) mass is 423 g/mol. The molecule has 0 N–H and O–H groups in total. The molecule has 6 nitrogen and oxygen atoms in total. The number of thiophene rings is 1. The van der Waals surface area contributed by atoms with Gasteiger partial charge in [0.15, 0.2) is 16.7 Å². The van der Waals surface area contributed by atoms with E-state index in [0.29, 0.717) is 5.75 Å². The summed E-state index contributed by atoms with van der Waals surface area (Å²) in [5, 5.41) is 16.2. The van der Waals surface area contributed by atoms with Crippen molar-refractivity contribution in [2.45, 2.75) is 30.3 Å². The fourth-order valence-electron chi connectivity index (χ4n) is 3.53. The molecule has 0 unspecified atom stereocenters. The van der Waals surface area contributed by atoms with Gasteiger partial charge in [-0.2, -0.15) is 0 Å². The third kappa shape index (κ3) is 4.14. The topological polar surface area (TPSA) is 60.0 Å². The van der Waals surface area contributed by atoms with Crippen molar-refractivity contribution in [3.05, 3.63) is 65.4 Å². The lowest BCUT2D eigenvalue weighted by molar-refractivity contribution is 0.319. The molecule has 0 amide bonds. The van der Waals surface area contributed by atoms with Crippen LogP contribution in [0.4, 0.5) is 0 Å². The minimum Gasteiger partial charge on any atom is -0.355 e. The number of para-hydroxylation sites is 1. The van der Waals surface area contributed by atoms with Gasteiger partial charge in [0.2, 0.25) is 0 Å². The second-order valence-corrected chi connectivity index (χ2v) is 8.89. The summed E-state index contributed by atoms with van der Waals surface area (Å²) in [6.45, 7) is 3.10. The van der Waals surface area contributed by atoms with Crippen LogP contribution in [0.1, 0.15) is 24.4 Å². The molecule has 0 atom stereocenters. The molecule has 0 aliphatic carbocycles. The van der Waals surface area contributed by atoms with Crippen LogP contribution in [0.5, 0.6) is 0 Å². The average Bonchev–Trinajstić information content (AvgIpc) is 3.54. The molecule has 0 spiro atoms. The third-order valence-corrected chi connectivity index (χ3v) is 6.80. The number of benzene rings is 1. The molecule has 8 heteroatoms. The molecular formula is C21H21N5OS2. The molecule has 0 radical (unpaired) electrons. The molecule has 0 bridgehead atoms. The number of nitrogens with zero attached hydrogens (tertiary/aromatic N) is 5. The first-order chi connectivity index (χ1) is 14.4. The second kappa shape index (κ2) is 8.52. The minimum absolute atomic E-state index is 0.684. The summed E-state index contributed by atoms with van der Waals surface area (Å²) in [7, 11) is 0. The largest absolute Gasteiger partial charge is 0.355 e. The Kier molecular flexibility index (Phi) is 5.47. The summed E-state index contributed by atoms with van der Waals surface area (Å²) in [5.74, 6) is 2.48. The summed E-state index contributed by atoms with van der Waals surface area (Å²) in [6, 6.07) is 16.4. The first-order valence-electron chi connectivity index (χ1n) is 9.71. The van der Waals surface area contributed by atoms with E-state index < -0.39 is 0 Å². The highest BCUT2D eigenvalue weighted by molar-refractivity contribution is 7.98. The first kappa shape index (κ1) is 18.6. The van der Waals surface area contributed by atoms with Crippen LogP contribution < -0.4 is 0 Å². The SMILES string of the molecule is c1ccc(-n2c(CN3CCCC3)nnc2SCc2cc(-c3cccs3)on2)cc1. The van der Waals surface area contributed by atoms with Crippen molar-refractivity contribution in [3.8, 4) is 16.3 Å². The van der Waals surface area contributed by atoms with Gasteiger partial charge in [0.05, 0.1) is 17.1 Å². The number of rotatable bonds is 7. The quantitative estimate of drug-likeness (QED) is 0.395. The van der Waals surface area contributed by atoms with Gasteiger partial charge in [-0.1, -0.05) is 41.2 Å². The Morgan fingerprint density at radius 2 is 1.90 bits per heavy atom. The molecule has 5 rings (SSSR count). The lowest BCUT2D eigenvalue weighted by atomic mass is 10.3. The minimum atomic E-state index is 0.684. The van der Waals surface area contributed by atoms with E-state index in [2.05, 4.69) is 37.0 Å². The highest BCUT2D eigenvalue weighted by Crippen LogP contribution is 2.29. The van der Waals surface area contributed by atoms with Crippen LogP contribution in [0.25, 0.3) is 16.3 Å². The van der Waals surface area contributed by atoms with Crippen LogP contribution >= 0.6 is 23.1 Å². The maximum absolute atomic E-state index is 5.50. The van der Waals surface area contributed by atoms with Gasteiger partial charge in [-0.3, -0.25) is 9.47 Å². The molecule has 3 aromatic heterocycles. The van der Waals surface area contributed by atoms with Crippen molar-refractivity contribution in [3.63, 3.8) is 0 Å². The predicted octanol–water partition coefficient (Wildman–Crippen LogP) is 4.87. The molecule has 4 heterocycles. The summed E-state index contributed by atoms with van der Waals surface area (Å²) in [5.41, 5.74) is 2.00. The van der Waals surface area contributed by atoms with E-state index in [9.17, 15) is 0 Å². The Hall–Kier alpha value is -2.42. The Balaban J connectivity index is 1.37. The summed E-state index contributed by atoms with van der Waals surface area (Å²) >= 11 is 3.29. The highest BCUT2D eigenvalue weighted by atomic mass is 32.2. The summed E-state index contributed by atoms with van der Waals surface area (Å²) in [4.78, 5) is 3.54. The maximum Gasteiger partial charge on any atom is 0.196 e. The van der Waals surface area contributed by atoms with E-state index in [1.54, 1.807) is 23.1 Å². The van der Waals surface area contributed by atoms with Gasteiger partial charge in [0, 0.05) is 17.5 Å². The van der Waals surface area contributed by atoms with E-state index in [4.69, 9.17) is 4.52 Å².